The molecule has 3 aromatic rings. The van der Waals surface area contributed by atoms with Crippen molar-refractivity contribution in [1.82, 2.24) is 9.80 Å². The monoisotopic (exact) mass is 501 g/mol. The quantitative estimate of drug-likeness (QED) is 0.459. The van der Waals surface area contributed by atoms with Crippen LogP contribution in [0.5, 0.6) is 0 Å². The zero-order chi connectivity index (χ0) is 25.1. The summed E-state index contributed by atoms with van der Waals surface area (Å²) in [4.78, 5) is 43.7. The number of thioether (sulfide) groups is 1. The van der Waals surface area contributed by atoms with Crippen molar-refractivity contribution in [3.8, 4) is 0 Å². The second kappa shape index (κ2) is 10.4. The average molecular weight is 502 g/mol. The zero-order valence-electron chi connectivity index (χ0n) is 19.5. The van der Waals surface area contributed by atoms with Gasteiger partial charge in [-0.15, -0.1) is 0 Å². The summed E-state index contributed by atoms with van der Waals surface area (Å²) in [6.07, 6.45) is 1.64. The molecule has 6 nitrogen and oxygen atoms in total. The second-order valence-corrected chi connectivity index (χ2v) is 9.63. The molecule has 36 heavy (non-hydrogen) atoms. The molecule has 2 saturated heterocycles. The smallest absolute Gasteiger partial charge is 0.293 e. The number of rotatable bonds is 5. The van der Waals surface area contributed by atoms with Crippen LogP contribution in [0.3, 0.4) is 0 Å². The molecule has 8 heteroatoms. The summed E-state index contributed by atoms with van der Waals surface area (Å²) in [5.74, 6) is -0.849. The maximum absolute atomic E-state index is 13.5. The Morgan fingerprint density at radius 1 is 0.889 bits per heavy atom. The third-order valence-electron chi connectivity index (χ3n) is 6.25. The van der Waals surface area contributed by atoms with E-state index in [4.69, 9.17) is 0 Å². The molecular formula is C28H24FN3O3S. The summed E-state index contributed by atoms with van der Waals surface area (Å²) in [7, 11) is 0. The lowest BCUT2D eigenvalue weighted by molar-refractivity contribution is -0.123. The number of halogens is 1. The van der Waals surface area contributed by atoms with Gasteiger partial charge in [0.25, 0.3) is 17.1 Å². The number of amides is 3. The van der Waals surface area contributed by atoms with E-state index in [-0.39, 0.29) is 12.5 Å². The van der Waals surface area contributed by atoms with E-state index < -0.39 is 17.0 Å². The summed E-state index contributed by atoms with van der Waals surface area (Å²) >= 11 is 0.857. The van der Waals surface area contributed by atoms with Gasteiger partial charge in [-0.2, -0.15) is 0 Å². The van der Waals surface area contributed by atoms with Crippen LogP contribution < -0.4 is 4.90 Å². The molecule has 2 heterocycles. The van der Waals surface area contributed by atoms with Crippen molar-refractivity contribution in [1.29, 1.82) is 0 Å². The van der Waals surface area contributed by atoms with Crippen LogP contribution >= 0.6 is 11.8 Å². The lowest BCUT2D eigenvalue weighted by Crippen LogP contribution is -2.48. The Morgan fingerprint density at radius 2 is 1.61 bits per heavy atom. The predicted octanol–water partition coefficient (Wildman–Crippen LogP) is 5.02. The fourth-order valence-corrected chi connectivity index (χ4v) is 5.15. The van der Waals surface area contributed by atoms with Crippen LogP contribution in [0.15, 0.2) is 83.8 Å². The van der Waals surface area contributed by atoms with Gasteiger partial charge in [0.15, 0.2) is 0 Å². The van der Waals surface area contributed by atoms with Crippen molar-refractivity contribution >= 4 is 40.6 Å². The first-order chi connectivity index (χ1) is 17.5. The molecule has 182 valence electrons. The number of piperazine rings is 1. The molecule has 0 aromatic heterocycles. The van der Waals surface area contributed by atoms with Gasteiger partial charge in [0.05, 0.1) is 11.4 Å². The SMILES string of the molecule is O=C(c1ccc(C=C2SC(=O)N(Cc3cccc(F)c3)C2=O)cc1)N1CCN(c2ccccc2)CC1. The fraction of sp³-hybridized carbons (Fsp3) is 0.179. The van der Waals surface area contributed by atoms with Gasteiger partial charge in [-0.3, -0.25) is 19.3 Å². The molecule has 0 saturated carbocycles. The molecule has 0 spiro atoms. The van der Waals surface area contributed by atoms with Crippen LogP contribution in [0.1, 0.15) is 21.5 Å². The van der Waals surface area contributed by atoms with Gasteiger partial charge < -0.3 is 9.80 Å². The Balaban J connectivity index is 1.21. The molecule has 0 radical (unpaired) electrons. The van der Waals surface area contributed by atoms with Gasteiger partial charge >= 0.3 is 0 Å². The molecule has 0 atom stereocenters. The summed E-state index contributed by atoms with van der Waals surface area (Å²) in [5, 5.41) is -0.392. The normalized spacial score (nSPS) is 17.2. The number of hydrogen-bond donors (Lipinski definition) is 0. The van der Waals surface area contributed by atoms with Gasteiger partial charge in [-0.25, -0.2) is 4.39 Å². The fourth-order valence-electron chi connectivity index (χ4n) is 4.32. The average Bonchev–Trinajstić information content (AvgIpc) is 3.16. The molecule has 2 aliphatic rings. The summed E-state index contributed by atoms with van der Waals surface area (Å²) in [6.45, 7) is 2.87. The van der Waals surface area contributed by atoms with E-state index in [1.54, 1.807) is 42.5 Å². The number of para-hydroxylation sites is 1. The van der Waals surface area contributed by atoms with Crippen LogP contribution in [-0.2, 0) is 11.3 Å². The molecule has 2 aliphatic heterocycles. The number of anilines is 1. The predicted molar refractivity (Wildman–Crippen MR) is 139 cm³/mol. The highest BCUT2D eigenvalue weighted by Gasteiger charge is 2.35. The van der Waals surface area contributed by atoms with Crippen molar-refractivity contribution in [3.05, 3.63) is 106 Å². The van der Waals surface area contributed by atoms with Crippen LogP contribution in [-0.4, -0.2) is 53.0 Å². The minimum atomic E-state index is -0.414. The molecule has 0 bridgehead atoms. The first-order valence-electron chi connectivity index (χ1n) is 11.7. The van der Waals surface area contributed by atoms with E-state index >= 15 is 0 Å². The van der Waals surface area contributed by atoms with Crippen LogP contribution in [0.4, 0.5) is 14.9 Å². The second-order valence-electron chi connectivity index (χ2n) is 8.63. The highest BCUT2D eigenvalue weighted by atomic mass is 32.2. The van der Waals surface area contributed by atoms with E-state index in [1.807, 2.05) is 23.1 Å². The Hall–Kier alpha value is -3.91. The maximum atomic E-state index is 13.5. The molecule has 0 aliphatic carbocycles. The van der Waals surface area contributed by atoms with Crippen molar-refractivity contribution < 1.29 is 18.8 Å². The number of nitrogens with zero attached hydrogens (tertiary/aromatic N) is 3. The number of carbonyl (C=O) groups excluding carboxylic acids is 3. The van der Waals surface area contributed by atoms with E-state index in [0.717, 1.165) is 41.0 Å². The van der Waals surface area contributed by atoms with Gasteiger partial charge in [0.2, 0.25) is 0 Å². The Labute approximate surface area is 213 Å². The summed E-state index contributed by atoms with van der Waals surface area (Å²) in [5.41, 5.74) is 3.01. The molecule has 3 aromatic carbocycles. The number of carbonyl (C=O) groups is 3. The topological polar surface area (TPSA) is 60.9 Å². The lowest BCUT2D eigenvalue weighted by atomic mass is 10.1. The largest absolute Gasteiger partial charge is 0.368 e. The van der Waals surface area contributed by atoms with Crippen molar-refractivity contribution in [3.63, 3.8) is 0 Å². The van der Waals surface area contributed by atoms with E-state index in [0.29, 0.717) is 29.1 Å². The highest BCUT2D eigenvalue weighted by molar-refractivity contribution is 8.18. The van der Waals surface area contributed by atoms with Crippen LogP contribution in [0, 0.1) is 5.82 Å². The minimum absolute atomic E-state index is 0.0186. The Morgan fingerprint density at radius 3 is 2.31 bits per heavy atom. The van der Waals surface area contributed by atoms with Crippen molar-refractivity contribution in [2.75, 3.05) is 31.1 Å². The van der Waals surface area contributed by atoms with Crippen molar-refractivity contribution in [2.24, 2.45) is 0 Å². The van der Waals surface area contributed by atoms with E-state index in [1.165, 1.54) is 12.1 Å². The summed E-state index contributed by atoms with van der Waals surface area (Å²) < 4.78 is 13.5. The number of imide groups is 1. The van der Waals surface area contributed by atoms with Gasteiger partial charge in [0, 0.05) is 37.4 Å². The summed E-state index contributed by atoms with van der Waals surface area (Å²) in [6, 6.07) is 23.0. The minimum Gasteiger partial charge on any atom is -0.368 e. The maximum Gasteiger partial charge on any atom is 0.293 e. The Kier molecular flexibility index (Phi) is 6.86. The first-order valence-corrected chi connectivity index (χ1v) is 12.5. The van der Waals surface area contributed by atoms with Crippen molar-refractivity contribution in [2.45, 2.75) is 6.54 Å². The van der Waals surface area contributed by atoms with Gasteiger partial charge in [-0.1, -0.05) is 42.5 Å². The number of benzene rings is 3. The van der Waals surface area contributed by atoms with E-state index in [9.17, 15) is 18.8 Å². The first kappa shape index (κ1) is 23.8. The van der Waals surface area contributed by atoms with Gasteiger partial charge in [-0.05, 0) is 65.4 Å². The lowest BCUT2D eigenvalue weighted by Gasteiger charge is -2.36. The molecule has 0 unspecified atom stereocenters. The highest BCUT2D eigenvalue weighted by Crippen LogP contribution is 2.33. The third kappa shape index (κ3) is 5.18. The molecule has 2 fully saturated rings. The third-order valence-corrected chi connectivity index (χ3v) is 7.15. The molecular weight excluding hydrogens is 477 g/mol. The molecule has 3 amide bonds. The van der Waals surface area contributed by atoms with Crippen LogP contribution in [0.2, 0.25) is 0 Å². The van der Waals surface area contributed by atoms with Crippen LogP contribution in [0.25, 0.3) is 6.08 Å². The van der Waals surface area contributed by atoms with Gasteiger partial charge in [0.1, 0.15) is 5.82 Å². The zero-order valence-corrected chi connectivity index (χ0v) is 20.3. The molecule has 5 rings (SSSR count). The standard InChI is InChI=1S/C28H24FN3O3S/c29-23-6-4-5-21(17-23)19-32-27(34)25(36-28(32)35)18-20-9-11-22(12-10-20)26(33)31-15-13-30(14-16-31)24-7-2-1-3-8-24/h1-12,17-18H,13-16,19H2. The molecule has 0 N–H and O–H groups in total. The number of hydrogen-bond acceptors (Lipinski definition) is 5. The Bertz CT molecular complexity index is 1320. The van der Waals surface area contributed by atoms with E-state index in [2.05, 4.69) is 17.0 Å².